The maximum Gasteiger partial charge on any atom is 0.265 e. The second-order valence-corrected chi connectivity index (χ2v) is 8.00. The van der Waals surface area contributed by atoms with Crippen LogP contribution in [0.15, 0.2) is 41.3 Å². The molecule has 0 radical (unpaired) electrons. The zero-order chi connectivity index (χ0) is 18.7. The minimum absolute atomic E-state index is 0.130. The van der Waals surface area contributed by atoms with Crippen molar-refractivity contribution in [2.24, 2.45) is 0 Å². The predicted octanol–water partition coefficient (Wildman–Crippen LogP) is 3.33. The van der Waals surface area contributed by atoms with Crippen molar-refractivity contribution in [2.75, 3.05) is 17.1 Å². The fourth-order valence-corrected chi connectivity index (χ4v) is 4.44. The minimum atomic E-state index is -3.82. The molecule has 0 bridgehead atoms. The Morgan fingerprint density at radius 3 is 2.35 bits per heavy atom. The summed E-state index contributed by atoms with van der Waals surface area (Å²) in [5.41, 5.74) is 3.11. The normalized spacial score (nSPS) is 13.6. The van der Waals surface area contributed by atoms with E-state index in [1.807, 2.05) is 6.07 Å². The van der Waals surface area contributed by atoms with Gasteiger partial charge in [0.25, 0.3) is 10.0 Å². The molecule has 1 amide bonds. The van der Waals surface area contributed by atoms with Crippen LogP contribution in [0.5, 0.6) is 5.75 Å². The largest absolute Gasteiger partial charge is 0.495 e. The molecule has 0 aromatic heterocycles. The van der Waals surface area contributed by atoms with Crippen molar-refractivity contribution in [1.82, 2.24) is 0 Å². The number of anilines is 2. The van der Waals surface area contributed by atoms with Crippen molar-refractivity contribution in [2.45, 2.75) is 37.5 Å². The molecule has 0 fully saturated rings. The number of benzene rings is 2. The third-order valence-electron chi connectivity index (χ3n) is 4.35. The molecule has 0 spiro atoms. The van der Waals surface area contributed by atoms with E-state index >= 15 is 0 Å². The highest BCUT2D eigenvalue weighted by molar-refractivity contribution is 7.92. The summed E-state index contributed by atoms with van der Waals surface area (Å²) in [6.07, 6.45) is 3.99. The number of aryl methyl sites for hydroxylation is 2. The Bertz CT molecular complexity index is 939. The predicted molar refractivity (Wildman–Crippen MR) is 101 cm³/mol. The third kappa shape index (κ3) is 3.99. The first-order chi connectivity index (χ1) is 12.4. The number of amides is 1. The summed E-state index contributed by atoms with van der Waals surface area (Å²) in [5, 5.41) is 2.64. The molecular formula is C19H22N2O4S. The van der Waals surface area contributed by atoms with Crippen molar-refractivity contribution in [3.05, 3.63) is 47.5 Å². The van der Waals surface area contributed by atoms with E-state index in [1.165, 1.54) is 14.0 Å². The number of carbonyl (C=O) groups is 1. The Kier molecular flexibility index (Phi) is 5.18. The molecule has 26 heavy (non-hydrogen) atoms. The number of carbonyl (C=O) groups excluding carboxylic acids is 1. The molecule has 2 N–H and O–H groups in total. The summed E-state index contributed by atoms with van der Waals surface area (Å²) in [6.45, 7) is 1.40. The van der Waals surface area contributed by atoms with Gasteiger partial charge in [-0.15, -0.1) is 0 Å². The fraction of sp³-hybridized carbons (Fsp3) is 0.316. The van der Waals surface area contributed by atoms with Crippen molar-refractivity contribution in [3.8, 4) is 5.75 Å². The molecule has 2 aromatic rings. The lowest BCUT2D eigenvalue weighted by molar-refractivity contribution is -0.114. The SMILES string of the molecule is COc1cc2c(cc1S(=O)(=O)Nc1cccc(NC(C)=O)c1)CCCC2. The molecule has 7 heteroatoms. The maximum atomic E-state index is 12.9. The van der Waals surface area contributed by atoms with Gasteiger partial charge in [0.1, 0.15) is 10.6 Å². The standard InChI is InChI=1S/C19H22N2O4S/c1-13(22)20-16-8-5-9-17(12-16)21-26(23,24)19-11-15-7-4-3-6-14(15)10-18(19)25-2/h5,8-12,21H,3-4,6-7H2,1-2H3,(H,20,22). The van der Waals surface area contributed by atoms with Gasteiger partial charge in [-0.3, -0.25) is 9.52 Å². The first-order valence-electron chi connectivity index (χ1n) is 8.49. The molecule has 1 aliphatic rings. The summed E-state index contributed by atoms with van der Waals surface area (Å²) in [7, 11) is -2.35. The van der Waals surface area contributed by atoms with Crippen molar-refractivity contribution in [3.63, 3.8) is 0 Å². The second kappa shape index (κ2) is 7.37. The quantitative estimate of drug-likeness (QED) is 0.841. The Morgan fingerprint density at radius 1 is 1.04 bits per heavy atom. The van der Waals surface area contributed by atoms with Crippen LogP contribution in [0.3, 0.4) is 0 Å². The lowest BCUT2D eigenvalue weighted by atomic mass is 9.92. The zero-order valence-corrected chi connectivity index (χ0v) is 15.7. The zero-order valence-electron chi connectivity index (χ0n) is 14.8. The van der Waals surface area contributed by atoms with Gasteiger partial charge in [0, 0.05) is 12.6 Å². The molecule has 6 nitrogen and oxygen atoms in total. The van der Waals surface area contributed by atoms with Crippen LogP contribution in [0.25, 0.3) is 0 Å². The summed E-state index contributed by atoms with van der Waals surface area (Å²) in [4.78, 5) is 11.3. The third-order valence-corrected chi connectivity index (χ3v) is 5.76. The monoisotopic (exact) mass is 374 g/mol. The first-order valence-corrected chi connectivity index (χ1v) is 9.97. The highest BCUT2D eigenvalue weighted by atomic mass is 32.2. The highest BCUT2D eigenvalue weighted by Crippen LogP contribution is 2.33. The Hall–Kier alpha value is -2.54. The van der Waals surface area contributed by atoms with Crippen LogP contribution in [0.1, 0.15) is 30.9 Å². The summed E-state index contributed by atoms with van der Waals surface area (Å²) >= 11 is 0. The van der Waals surface area contributed by atoms with Crippen LogP contribution < -0.4 is 14.8 Å². The average molecular weight is 374 g/mol. The molecule has 3 rings (SSSR count). The van der Waals surface area contributed by atoms with Crippen LogP contribution >= 0.6 is 0 Å². The number of sulfonamides is 1. The lowest BCUT2D eigenvalue weighted by Crippen LogP contribution is -2.16. The number of methoxy groups -OCH3 is 1. The van der Waals surface area contributed by atoms with Gasteiger partial charge in [0.2, 0.25) is 5.91 Å². The van der Waals surface area contributed by atoms with Crippen LogP contribution in [0.2, 0.25) is 0 Å². The van der Waals surface area contributed by atoms with E-state index in [9.17, 15) is 13.2 Å². The maximum absolute atomic E-state index is 12.9. The molecular weight excluding hydrogens is 352 g/mol. The Labute approximate surface area is 153 Å². The number of hydrogen-bond acceptors (Lipinski definition) is 4. The van der Waals surface area contributed by atoms with E-state index in [-0.39, 0.29) is 10.8 Å². The highest BCUT2D eigenvalue weighted by Gasteiger charge is 2.23. The van der Waals surface area contributed by atoms with Crippen LogP contribution in [-0.2, 0) is 27.7 Å². The minimum Gasteiger partial charge on any atom is -0.495 e. The molecule has 0 unspecified atom stereocenters. The molecule has 0 saturated carbocycles. The summed E-state index contributed by atoms with van der Waals surface area (Å²) < 4.78 is 33.8. The number of nitrogens with one attached hydrogen (secondary N) is 2. The van der Waals surface area contributed by atoms with Crippen LogP contribution in [0.4, 0.5) is 11.4 Å². The molecule has 2 aromatic carbocycles. The average Bonchev–Trinajstić information content (AvgIpc) is 2.60. The molecule has 1 aliphatic carbocycles. The van der Waals surface area contributed by atoms with E-state index in [1.54, 1.807) is 30.3 Å². The summed E-state index contributed by atoms with van der Waals surface area (Å²) in [5.74, 6) is 0.123. The van der Waals surface area contributed by atoms with Gasteiger partial charge in [-0.2, -0.15) is 0 Å². The van der Waals surface area contributed by atoms with E-state index in [4.69, 9.17) is 4.74 Å². The van der Waals surface area contributed by atoms with Gasteiger partial charge in [0.15, 0.2) is 0 Å². The van der Waals surface area contributed by atoms with E-state index in [0.717, 1.165) is 36.8 Å². The van der Waals surface area contributed by atoms with Gasteiger partial charge < -0.3 is 10.1 Å². The number of rotatable bonds is 5. The van der Waals surface area contributed by atoms with Crippen LogP contribution in [0, 0.1) is 0 Å². The van der Waals surface area contributed by atoms with Gasteiger partial charge in [-0.05, 0) is 67.1 Å². The summed E-state index contributed by atoms with van der Waals surface area (Å²) in [6, 6.07) is 10.1. The fourth-order valence-electron chi connectivity index (χ4n) is 3.18. The van der Waals surface area contributed by atoms with E-state index in [2.05, 4.69) is 10.0 Å². The Morgan fingerprint density at radius 2 is 1.69 bits per heavy atom. The second-order valence-electron chi connectivity index (χ2n) is 6.35. The van der Waals surface area contributed by atoms with Gasteiger partial charge >= 0.3 is 0 Å². The number of hydrogen-bond donors (Lipinski definition) is 2. The molecule has 0 aliphatic heterocycles. The van der Waals surface area contributed by atoms with Gasteiger partial charge in [0.05, 0.1) is 12.8 Å². The van der Waals surface area contributed by atoms with Gasteiger partial charge in [-0.1, -0.05) is 6.07 Å². The molecule has 0 atom stereocenters. The van der Waals surface area contributed by atoms with Crippen molar-refractivity contribution < 1.29 is 17.9 Å². The molecule has 138 valence electrons. The number of ether oxygens (including phenoxy) is 1. The molecule has 0 heterocycles. The van der Waals surface area contributed by atoms with Gasteiger partial charge in [-0.25, -0.2) is 8.42 Å². The van der Waals surface area contributed by atoms with E-state index < -0.39 is 10.0 Å². The lowest BCUT2D eigenvalue weighted by Gasteiger charge is -2.19. The smallest absolute Gasteiger partial charge is 0.265 e. The number of fused-ring (bicyclic) bond motifs is 1. The topological polar surface area (TPSA) is 84.5 Å². The molecule has 0 saturated heterocycles. The Balaban J connectivity index is 1.94. The van der Waals surface area contributed by atoms with Crippen LogP contribution in [-0.4, -0.2) is 21.4 Å². The van der Waals surface area contributed by atoms with Crippen molar-refractivity contribution >= 4 is 27.3 Å². The van der Waals surface area contributed by atoms with Crippen molar-refractivity contribution in [1.29, 1.82) is 0 Å². The van der Waals surface area contributed by atoms with E-state index in [0.29, 0.717) is 17.1 Å². The first kappa shape index (κ1) is 18.3.